The summed E-state index contributed by atoms with van der Waals surface area (Å²) < 4.78 is 0. The van der Waals surface area contributed by atoms with Gasteiger partial charge >= 0.3 is 0 Å². The Morgan fingerprint density at radius 1 is 0.373 bits per heavy atom. The number of nitrogens with one attached hydrogen (secondary N) is 2. The van der Waals surface area contributed by atoms with Gasteiger partial charge in [-0.05, 0) is 93.0 Å². The first-order valence-corrected chi connectivity index (χ1v) is 16.9. The van der Waals surface area contributed by atoms with E-state index in [0.717, 1.165) is 88.8 Å². The average molecular weight is 658 g/mol. The fraction of sp³-hybridized carbons (Fsp3) is 0. The predicted octanol–water partition coefficient (Wildman–Crippen LogP) is 12.4. The van der Waals surface area contributed by atoms with E-state index in [4.69, 9.17) is 0 Å². The molecule has 0 saturated carbocycles. The number of nitrogens with zero attached hydrogens (tertiary/aromatic N) is 1. The van der Waals surface area contributed by atoms with Crippen molar-refractivity contribution in [2.45, 2.75) is 0 Å². The Morgan fingerprint density at radius 2 is 0.667 bits per heavy atom. The van der Waals surface area contributed by atoms with Gasteiger partial charge in [0.2, 0.25) is 0 Å². The summed E-state index contributed by atoms with van der Waals surface area (Å²) in [6.07, 6.45) is 8.72. The maximum Gasteiger partial charge on any atom is 0.269 e. The third-order valence-electron chi connectivity index (χ3n) is 9.67. The lowest BCUT2D eigenvalue weighted by atomic mass is 10.00. The number of hydrogen-bond acceptors (Lipinski definition) is 2. The number of hydrogen-bond donors (Lipinski definition) is 2. The van der Waals surface area contributed by atoms with Gasteiger partial charge in [0.1, 0.15) is 0 Å². The molecule has 5 heteroatoms. The van der Waals surface area contributed by atoms with Crippen molar-refractivity contribution < 1.29 is 4.92 Å². The predicted molar refractivity (Wildman–Crippen MR) is 212 cm³/mol. The second-order valence-corrected chi connectivity index (χ2v) is 12.8. The van der Waals surface area contributed by atoms with Crippen molar-refractivity contribution in [2.24, 2.45) is 0 Å². The van der Waals surface area contributed by atoms with E-state index in [1.807, 2.05) is 24.3 Å². The van der Waals surface area contributed by atoms with Gasteiger partial charge in [0, 0.05) is 56.5 Å². The first-order valence-electron chi connectivity index (χ1n) is 16.9. The average Bonchev–Trinajstić information content (AvgIpc) is 4.01. The lowest BCUT2D eigenvalue weighted by Gasteiger charge is -2.07. The van der Waals surface area contributed by atoms with Crippen LogP contribution in [0, 0.1) is 10.1 Å². The zero-order valence-electron chi connectivity index (χ0n) is 27.5. The smallest absolute Gasteiger partial charge is 0.269 e. The standard InChI is InChI=1S/C46H31N3O2/c50-49(51)38-22-20-33(21-23-38)46-37-19-18-36(29-37)45(32-14-8-3-9-15-32)40-25-24-39(47-40)43(30-10-4-1-5-11-30)34-16-17-35(28-34)44(31-12-6-2-7-13-31)41-26-27-42(46)48-41/h1-29,47-48H. The van der Waals surface area contributed by atoms with Crippen molar-refractivity contribution in [3.8, 4) is 44.5 Å². The molecule has 2 N–H and O–H groups in total. The SMILES string of the molecule is O=[N+]([O-])c1ccc(-c2c3cc(c(-c4ccccc4)c4ccc([nH]4)c(-c4ccccc4)c4cc(c(-c5ccccc5)c5ccc2[nH]5)C=C4)C=C3)cc1. The number of benzene rings is 4. The molecule has 3 heterocycles. The third-order valence-corrected chi connectivity index (χ3v) is 9.67. The number of non-ortho nitro benzene ring substituents is 1. The topological polar surface area (TPSA) is 74.7 Å². The van der Waals surface area contributed by atoms with Crippen molar-refractivity contribution in [3.63, 3.8) is 0 Å². The normalized spacial score (nSPS) is 11.9. The largest absolute Gasteiger partial charge is 0.354 e. The maximum atomic E-state index is 11.6. The minimum atomic E-state index is -0.359. The van der Waals surface area contributed by atoms with Gasteiger partial charge in [-0.15, -0.1) is 0 Å². The molecule has 0 amide bonds. The van der Waals surface area contributed by atoms with Crippen molar-refractivity contribution in [1.29, 1.82) is 0 Å². The van der Waals surface area contributed by atoms with Crippen LogP contribution in [0.25, 0.3) is 90.9 Å². The molecule has 0 aliphatic heterocycles. The number of nitro groups is 1. The van der Waals surface area contributed by atoms with Crippen molar-refractivity contribution >= 4 is 52.1 Å². The van der Waals surface area contributed by atoms with Gasteiger partial charge in [-0.25, -0.2) is 0 Å². The lowest BCUT2D eigenvalue weighted by molar-refractivity contribution is -0.384. The summed E-state index contributed by atoms with van der Waals surface area (Å²) >= 11 is 0. The molecule has 242 valence electrons. The number of rotatable bonds is 5. The Morgan fingerprint density at radius 3 is 0.961 bits per heavy atom. The van der Waals surface area contributed by atoms with E-state index < -0.39 is 0 Å². The third kappa shape index (κ3) is 5.47. The number of aromatic amines is 2. The minimum Gasteiger partial charge on any atom is -0.354 e. The Balaban J connectivity index is 1.46. The molecule has 51 heavy (non-hydrogen) atoms. The summed E-state index contributed by atoms with van der Waals surface area (Å²) in [5.74, 6) is 0. The molecule has 9 rings (SSSR count). The van der Waals surface area contributed by atoms with Gasteiger partial charge in [0.15, 0.2) is 0 Å². The maximum absolute atomic E-state index is 11.6. The van der Waals surface area contributed by atoms with Crippen LogP contribution in [-0.4, -0.2) is 14.9 Å². The lowest BCUT2D eigenvalue weighted by Crippen LogP contribution is -1.88. The van der Waals surface area contributed by atoms with E-state index in [1.165, 1.54) is 0 Å². The molecule has 8 bridgehead atoms. The fourth-order valence-electron chi connectivity index (χ4n) is 7.36. The van der Waals surface area contributed by atoms with Gasteiger partial charge < -0.3 is 9.97 Å². The zero-order valence-corrected chi connectivity index (χ0v) is 27.5. The highest BCUT2D eigenvalue weighted by Gasteiger charge is 2.17. The first-order chi connectivity index (χ1) is 25.1. The van der Waals surface area contributed by atoms with Gasteiger partial charge in [-0.1, -0.05) is 115 Å². The number of nitro benzene ring substituents is 1. The van der Waals surface area contributed by atoms with Crippen molar-refractivity contribution in [1.82, 2.24) is 9.97 Å². The monoisotopic (exact) mass is 657 g/mol. The second kappa shape index (κ2) is 12.5. The molecule has 0 unspecified atom stereocenters. The molecule has 0 radical (unpaired) electrons. The fourth-order valence-corrected chi connectivity index (χ4v) is 7.36. The molecule has 7 aromatic rings. The summed E-state index contributed by atoms with van der Waals surface area (Å²) in [5.41, 5.74) is 16.8. The van der Waals surface area contributed by atoms with Crippen molar-refractivity contribution in [3.05, 3.63) is 184 Å². The molecule has 2 aliphatic rings. The van der Waals surface area contributed by atoms with E-state index >= 15 is 0 Å². The highest BCUT2D eigenvalue weighted by molar-refractivity contribution is 6.02. The van der Waals surface area contributed by atoms with Gasteiger partial charge in [-0.3, -0.25) is 10.1 Å². The molecule has 0 spiro atoms. The van der Waals surface area contributed by atoms with Crippen LogP contribution in [0.5, 0.6) is 0 Å². The van der Waals surface area contributed by atoms with E-state index in [0.29, 0.717) is 0 Å². The van der Waals surface area contributed by atoms with E-state index in [9.17, 15) is 10.1 Å². The zero-order chi connectivity index (χ0) is 34.3. The number of aromatic nitrogens is 2. The highest BCUT2D eigenvalue weighted by atomic mass is 16.6. The van der Waals surface area contributed by atoms with E-state index in [1.54, 1.807) is 12.1 Å². The van der Waals surface area contributed by atoms with E-state index in [2.05, 4.69) is 150 Å². The Kier molecular flexibility index (Phi) is 7.37. The van der Waals surface area contributed by atoms with Crippen LogP contribution < -0.4 is 0 Å². The Bertz CT molecular complexity index is 2650. The molecule has 2 aliphatic carbocycles. The van der Waals surface area contributed by atoms with E-state index in [-0.39, 0.29) is 10.6 Å². The van der Waals surface area contributed by atoms with Gasteiger partial charge in [0.05, 0.1) is 4.92 Å². The first kappa shape index (κ1) is 30.1. The second-order valence-electron chi connectivity index (χ2n) is 12.8. The van der Waals surface area contributed by atoms with Crippen LogP contribution in [0.3, 0.4) is 0 Å². The summed E-state index contributed by atoms with van der Waals surface area (Å²) in [7, 11) is 0. The van der Waals surface area contributed by atoms with Crippen LogP contribution in [0.1, 0.15) is 22.3 Å². The summed E-state index contributed by atoms with van der Waals surface area (Å²) in [4.78, 5) is 18.8. The van der Waals surface area contributed by atoms with Gasteiger partial charge in [0.25, 0.3) is 5.69 Å². The quantitative estimate of drug-likeness (QED) is 0.143. The van der Waals surface area contributed by atoms with Crippen LogP contribution in [0.2, 0.25) is 0 Å². The van der Waals surface area contributed by atoms with Gasteiger partial charge in [-0.2, -0.15) is 0 Å². The molecule has 4 aromatic carbocycles. The molecule has 0 fully saturated rings. The molecule has 3 aromatic heterocycles. The summed E-state index contributed by atoms with van der Waals surface area (Å²) in [6, 6.07) is 51.4. The summed E-state index contributed by atoms with van der Waals surface area (Å²) in [5, 5.41) is 11.6. The Labute approximate surface area is 294 Å². The molecule has 0 atom stereocenters. The number of fused-ring (bicyclic) bond motifs is 8. The van der Waals surface area contributed by atoms with Crippen LogP contribution in [0.4, 0.5) is 5.69 Å². The molecular weight excluding hydrogens is 627 g/mol. The summed E-state index contributed by atoms with van der Waals surface area (Å²) in [6.45, 7) is 0. The van der Waals surface area contributed by atoms with Crippen molar-refractivity contribution in [2.75, 3.05) is 0 Å². The highest BCUT2D eigenvalue weighted by Crippen LogP contribution is 2.40. The van der Waals surface area contributed by atoms with Crippen LogP contribution in [-0.2, 0) is 0 Å². The minimum absolute atomic E-state index is 0.0589. The molecular formula is C46H31N3O2. The van der Waals surface area contributed by atoms with Crippen LogP contribution in [0.15, 0.2) is 152 Å². The number of H-pyrrole nitrogens is 2. The molecule has 5 nitrogen and oxygen atoms in total. The Hall–Kier alpha value is -6.98. The van der Waals surface area contributed by atoms with Crippen LogP contribution >= 0.6 is 0 Å². The molecule has 0 saturated heterocycles.